The van der Waals surface area contributed by atoms with E-state index in [2.05, 4.69) is 47.5 Å². The van der Waals surface area contributed by atoms with Crippen LogP contribution in [0.4, 0.5) is 0 Å². The van der Waals surface area contributed by atoms with Crippen LogP contribution >= 0.6 is 0 Å². The third kappa shape index (κ3) is 2.20. The van der Waals surface area contributed by atoms with E-state index in [-0.39, 0.29) is 11.1 Å². The maximum absolute atomic E-state index is 10.8. The van der Waals surface area contributed by atoms with Gasteiger partial charge >= 0.3 is 0 Å². The minimum absolute atomic E-state index is 0.0623. The monoisotopic (exact) mass is 312 g/mol. The van der Waals surface area contributed by atoms with Crippen LogP contribution in [0.1, 0.15) is 44.6 Å². The van der Waals surface area contributed by atoms with Crippen molar-refractivity contribution in [1.82, 2.24) is 10.2 Å². The fourth-order valence-electron chi connectivity index (χ4n) is 6.56. The molecule has 5 aliphatic rings. The van der Waals surface area contributed by atoms with E-state index < -0.39 is 0 Å². The van der Waals surface area contributed by atoms with Crippen LogP contribution in [-0.4, -0.2) is 34.9 Å². The van der Waals surface area contributed by atoms with Crippen LogP contribution in [0.15, 0.2) is 30.3 Å². The standard InChI is InChI=1S/C20H28N2O/c1-19(17-5-3-2-4-6-17)12-22(13-21-19)18-15-7-14-8-16(18)11-20(23,9-14)10-15/h2-6,14-16,18,21,23H,7-13H2,1H3. The van der Waals surface area contributed by atoms with E-state index in [1.807, 2.05) is 0 Å². The summed E-state index contributed by atoms with van der Waals surface area (Å²) in [6.07, 6.45) is 5.86. The second kappa shape index (κ2) is 4.81. The predicted molar refractivity (Wildman–Crippen MR) is 90.8 cm³/mol. The minimum Gasteiger partial charge on any atom is -0.390 e. The van der Waals surface area contributed by atoms with Gasteiger partial charge in [-0.1, -0.05) is 30.3 Å². The van der Waals surface area contributed by atoms with Crippen LogP contribution < -0.4 is 5.32 Å². The first kappa shape index (κ1) is 14.4. The minimum atomic E-state index is -0.317. The van der Waals surface area contributed by atoms with Gasteiger partial charge in [0.1, 0.15) is 0 Å². The Hall–Kier alpha value is -0.900. The van der Waals surface area contributed by atoms with Crippen molar-refractivity contribution in [1.29, 1.82) is 0 Å². The van der Waals surface area contributed by atoms with E-state index in [1.54, 1.807) is 0 Å². The molecule has 3 nitrogen and oxygen atoms in total. The lowest BCUT2D eigenvalue weighted by Crippen LogP contribution is -2.61. The molecular weight excluding hydrogens is 284 g/mol. The van der Waals surface area contributed by atoms with Crippen molar-refractivity contribution < 1.29 is 5.11 Å². The average molecular weight is 312 g/mol. The van der Waals surface area contributed by atoms with Gasteiger partial charge in [-0.05, 0) is 62.3 Å². The maximum atomic E-state index is 10.8. The van der Waals surface area contributed by atoms with Gasteiger partial charge < -0.3 is 5.11 Å². The van der Waals surface area contributed by atoms with Crippen molar-refractivity contribution in [3.8, 4) is 0 Å². The van der Waals surface area contributed by atoms with Crippen LogP contribution in [0.25, 0.3) is 0 Å². The molecule has 0 spiro atoms. The summed E-state index contributed by atoms with van der Waals surface area (Å²) in [5, 5.41) is 14.6. The average Bonchev–Trinajstić information content (AvgIpc) is 2.90. The van der Waals surface area contributed by atoms with Crippen molar-refractivity contribution >= 4 is 0 Å². The molecule has 1 aliphatic heterocycles. The number of nitrogens with one attached hydrogen (secondary N) is 1. The molecule has 1 saturated heterocycles. The molecule has 1 aromatic rings. The molecule has 1 heterocycles. The topological polar surface area (TPSA) is 35.5 Å². The third-order valence-electron chi connectivity index (χ3n) is 7.22. The van der Waals surface area contributed by atoms with Gasteiger partial charge in [0.05, 0.1) is 11.1 Å². The number of rotatable bonds is 2. The molecule has 5 fully saturated rings. The Kier molecular flexibility index (Phi) is 3.02. The second-order valence-electron chi connectivity index (χ2n) is 8.96. The molecule has 23 heavy (non-hydrogen) atoms. The van der Waals surface area contributed by atoms with Gasteiger partial charge in [0.2, 0.25) is 0 Å². The Bertz CT molecular complexity index is 587. The lowest BCUT2D eigenvalue weighted by atomic mass is 9.52. The zero-order valence-electron chi connectivity index (χ0n) is 14.0. The summed E-state index contributed by atoms with van der Waals surface area (Å²) < 4.78 is 0. The zero-order chi connectivity index (χ0) is 15.7. The van der Waals surface area contributed by atoms with E-state index in [1.165, 1.54) is 18.4 Å². The summed E-state index contributed by atoms with van der Waals surface area (Å²) in [4.78, 5) is 2.70. The molecular formula is C20H28N2O. The number of hydrogen-bond acceptors (Lipinski definition) is 3. The lowest BCUT2D eigenvalue weighted by Gasteiger charge is -2.59. The fraction of sp³-hybridized carbons (Fsp3) is 0.700. The molecule has 6 rings (SSSR count). The van der Waals surface area contributed by atoms with Gasteiger partial charge in [-0.2, -0.15) is 0 Å². The van der Waals surface area contributed by atoms with E-state index in [0.29, 0.717) is 17.9 Å². The van der Waals surface area contributed by atoms with E-state index in [9.17, 15) is 5.11 Å². The third-order valence-corrected chi connectivity index (χ3v) is 7.22. The summed E-state index contributed by atoms with van der Waals surface area (Å²) in [5.41, 5.74) is 1.14. The normalized spacial score (nSPS) is 49.0. The number of aliphatic hydroxyl groups is 1. The molecule has 1 aromatic carbocycles. The Morgan fingerprint density at radius 3 is 2.43 bits per heavy atom. The van der Waals surface area contributed by atoms with Gasteiger partial charge in [0, 0.05) is 19.3 Å². The Balaban J connectivity index is 1.38. The summed E-state index contributed by atoms with van der Waals surface area (Å²) in [5.74, 6) is 2.22. The predicted octanol–water partition coefficient (Wildman–Crippen LogP) is 2.70. The molecule has 4 bridgehead atoms. The molecule has 4 saturated carbocycles. The first-order valence-electron chi connectivity index (χ1n) is 9.32. The largest absolute Gasteiger partial charge is 0.390 e. The van der Waals surface area contributed by atoms with Gasteiger partial charge in [-0.3, -0.25) is 10.2 Å². The maximum Gasteiger partial charge on any atom is 0.0657 e. The molecule has 2 N–H and O–H groups in total. The second-order valence-corrected chi connectivity index (χ2v) is 8.96. The molecule has 3 unspecified atom stereocenters. The van der Waals surface area contributed by atoms with Crippen molar-refractivity contribution in [2.24, 2.45) is 17.8 Å². The Morgan fingerprint density at radius 2 is 1.78 bits per heavy atom. The molecule has 3 atom stereocenters. The number of hydrogen-bond donors (Lipinski definition) is 2. The molecule has 0 amide bonds. The van der Waals surface area contributed by atoms with Crippen molar-refractivity contribution in [2.45, 2.75) is 56.2 Å². The lowest BCUT2D eigenvalue weighted by molar-refractivity contribution is -0.158. The molecule has 124 valence electrons. The number of nitrogens with zero attached hydrogens (tertiary/aromatic N) is 1. The van der Waals surface area contributed by atoms with E-state index in [4.69, 9.17) is 0 Å². The molecule has 3 heteroatoms. The van der Waals surface area contributed by atoms with Crippen molar-refractivity contribution in [3.63, 3.8) is 0 Å². The highest BCUT2D eigenvalue weighted by molar-refractivity contribution is 5.26. The van der Waals surface area contributed by atoms with Gasteiger partial charge in [-0.25, -0.2) is 0 Å². The summed E-state index contributed by atoms with van der Waals surface area (Å²) in [7, 11) is 0. The Labute approximate surface area is 139 Å². The summed E-state index contributed by atoms with van der Waals surface area (Å²) in [6, 6.07) is 11.6. The van der Waals surface area contributed by atoms with Crippen LogP contribution in [0.3, 0.4) is 0 Å². The summed E-state index contributed by atoms with van der Waals surface area (Å²) >= 11 is 0. The van der Waals surface area contributed by atoms with Gasteiger partial charge in [0.15, 0.2) is 0 Å². The zero-order valence-corrected chi connectivity index (χ0v) is 14.0. The highest BCUT2D eigenvalue weighted by Crippen LogP contribution is 2.57. The van der Waals surface area contributed by atoms with E-state index in [0.717, 1.165) is 38.4 Å². The van der Waals surface area contributed by atoms with Crippen LogP contribution in [0, 0.1) is 17.8 Å². The SMILES string of the molecule is CC1(c2ccccc2)CN(C2C3CC4CC2CC(O)(C4)C3)CN1. The first-order valence-corrected chi connectivity index (χ1v) is 9.32. The first-order chi connectivity index (χ1) is 11.0. The fourth-order valence-corrected chi connectivity index (χ4v) is 6.56. The van der Waals surface area contributed by atoms with Gasteiger partial charge in [-0.15, -0.1) is 0 Å². The van der Waals surface area contributed by atoms with Crippen LogP contribution in [0.2, 0.25) is 0 Å². The Morgan fingerprint density at radius 1 is 1.09 bits per heavy atom. The smallest absolute Gasteiger partial charge is 0.0657 e. The van der Waals surface area contributed by atoms with Crippen molar-refractivity contribution in [2.75, 3.05) is 13.2 Å². The summed E-state index contributed by atoms with van der Waals surface area (Å²) in [6.45, 7) is 4.43. The molecule has 4 aliphatic carbocycles. The number of benzene rings is 1. The quantitative estimate of drug-likeness (QED) is 0.881. The van der Waals surface area contributed by atoms with Crippen LogP contribution in [0.5, 0.6) is 0 Å². The van der Waals surface area contributed by atoms with E-state index >= 15 is 0 Å². The van der Waals surface area contributed by atoms with Crippen LogP contribution in [-0.2, 0) is 5.54 Å². The molecule has 0 aromatic heterocycles. The van der Waals surface area contributed by atoms with Crippen molar-refractivity contribution in [3.05, 3.63) is 35.9 Å². The van der Waals surface area contributed by atoms with Gasteiger partial charge in [0.25, 0.3) is 0 Å². The highest BCUT2D eigenvalue weighted by Gasteiger charge is 2.57. The molecule has 0 radical (unpaired) electrons. The highest BCUT2D eigenvalue weighted by atomic mass is 16.3.